The molecule has 1 unspecified atom stereocenters. The third-order valence-electron chi connectivity index (χ3n) is 4.95. The lowest BCUT2D eigenvalue weighted by Crippen LogP contribution is -2.49. The standard InChI is InChI=1S/C19H24N4O11/c1-7(2)15(25)30-6-9-12-13(33-18(28)17(27)32-12)14(31-9)23-5-4-10(21-19(23)29)22-34-16(26)11(20)8(3)24/h4-5,7-9,11-14,24H,6,20H2,1-3H3,(H,21,22,29)/t8-,9?,11+,12-,13-,14-/m1/s1. The van der Waals surface area contributed by atoms with E-state index in [9.17, 15) is 29.1 Å². The zero-order valence-electron chi connectivity index (χ0n) is 18.4. The van der Waals surface area contributed by atoms with Crippen LogP contribution in [0.5, 0.6) is 0 Å². The molecule has 1 aromatic heterocycles. The number of nitrogens with zero attached hydrogens (tertiary/aromatic N) is 2. The number of hydrogen-bond donors (Lipinski definition) is 3. The van der Waals surface area contributed by atoms with Gasteiger partial charge in [-0.05, 0) is 6.92 Å². The molecule has 0 bridgehead atoms. The first-order chi connectivity index (χ1) is 16.0. The van der Waals surface area contributed by atoms with Gasteiger partial charge >= 0.3 is 29.6 Å². The van der Waals surface area contributed by atoms with E-state index < -0.39 is 72.2 Å². The van der Waals surface area contributed by atoms with Crippen molar-refractivity contribution in [1.82, 2.24) is 9.55 Å². The molecule has 0 radical (unpaired) electrons. The Bertz CT molecular complexity index is 1020. The number of aliphatic hydroxyl groups excluding tert-OH is 1. The van der Waals surface area contributed by atoms with Gasteiger partial charge in [0.15, 0.2) is 24.3 Å². The Kier molecular flexibility index (Phi) is 7.48. The van der Waals surface area contributed by atoms with Crippen molar-refractivity contribution in [2.75, 3.05) is 12.1 Å². The van der Waals surface area contributed by atoms with E-state index in [-0.39, 0.29) is 12.4 Å². The van der Waals surface area contributed by atoms with Crippen LogP contribution in [0.1, 0.15) is 27.0 Å². The van der Waals surface area contributed by atoms with E-state index in [0.717, 1.165) is 4.57 Å². The molecular formula is C19H24N4O11. The van der Waals surface area contributed by atoms with Gasteiger partial charge in [0.25, 0.3) is 0 Å². The number of aromatic nitrogens is 2. The van der Waals surface area contributed by atoms with Crippen LogP contribution in [0, 0.1) is 5.92 Å². The summed E-state index contributed by atoms with van der Waals surface area (Å²) >= 11 is 0. The number of hydrogen-bond acceptors (Lipinski definition) is 14. The van der Waals surface area contributed by atoms with Gasteiger partial charge in [-0.25, -0.2) is 24.7 Å². The van der Waals surface area contributed by atoms with Crippen LogP contribution in [-0.2, 0) is 43.0 Å². The van der Waals surface area contributed by atoms with Crippen molar-refractivity contribution in [3.05, 3.63) is 22.7 Å². The Morgan fingerprint density at radius 1 is 1.18 bits per heavy atom. The minimum Gasteiger partial charge on any atom is -0.463 e. The van der Waals surface area contributed by atoms with Crippen LogP contribution >= 0.6 is 0 Å². The van der Waals surface area contributed by atoms with E-state index >= 15 is 0 Å². The van der Waals surface area contributed by atoms with Crippen molar-refractivity contribution >= 4 is 29.7 Å². The Morgan fingerprint density at radius 3 is 2.41 bits per heavy atom. The number of ether oxygens (including phenoxy) is 4. The summed E-state index contributed by atoms with van der Waals surface area (Å²) in [6.07, 6.45) is -4.60. The molecule has 0 saturated carbocycles. The maximum atomic E-state index is 12.6. The SMILES string of the molecule is CC(C)C(=O)OCC1O[C@@H](n2ccc(NOC(=O)[C@@H](N)[C@@H](C)O)nc2=O)[C@@H]2OC(=O)C(=O)O[C@H]12. The van der Waals surface area contributed by atoms with Crippen molar-refractivity contribution in [2.45, 2.75) is 57.5 Å². The van der Waals surface area contributed by atoms with Crippen molar-refractivity contribution in [3.63, 3.8) is 0 Å². The van der Waals surface area contributed by atoms with Gasteiger partial charge in [0.1, 0.15) is 18.8 Å². The number of carbonyl (C=O) groups excluding carboxylic acids is 4. The lowest BCUT2D eigenvalue weighted by Gasteiger charge is -2.28. The highest BCUT2D eigenvalue weighted by molar-refractivity contribution is 6.30. The Hall–Kier alpha value is -3.56. The quantitative estimate of drug-likeness (QED) is 0.154. The highest BCUT2D eigenvalue weighted by atomic mass is 16.7. The fourth-order valence-electron chi connectivity index (χ4n) is 3.04. The normalized spacial score (nSPS) is 25.6. The van der Waals surface area contributed by atoms with Gasteiger partial charge in [-0.3, -0.25) is 9.36 Å². The topological polar surface area (TPSA) is 208 Å². The van der Waals surface area contributed by atoms with Crippen LogP contribution in [0.4, 0.5) is 5.82 Å². The summed E-state index contributed by atoms with van der Waals surface area (Å²) in [5, 5.41) is 9.31. The number of anilines is 1. The van der Waals surface area contributed by atoms with E-state index in [2.05, 4.69) is 15.3 Å². The molecule has 0 aliphatic carbocycles. The molecule has 3 rings (SSSR count). The summed E-state index contributed by atoms with van der Waals surface area (Å²) in [5.74, 6) is -4.62. The molecule has 0 spiro atoms. The van der Waals surface area contributed by atoms with Crippen LogP contribution in [0.2, 0.25) is 0 Å². The highest BCUT2D eigenvalue weighted by Gasteiger charge is 2.55. The van der Waals surface area contributed by atoms with Crippen molar-refractivity contribution in [2.24, 2.45) is 11.7 Å². The highest BCUT2D eigenvalue weighted by Crippen LogP contribution is 2.35. The zero-order valence-corrected chi connectivity index (χ0v) is 18.4. The van der Waals surface area contributed by atoms with Crippen LogP contribution < -0.4 is 16.9 Å². The molecule has 4 N–H and O–H groups in total. The fourth-order valence-corrected chi connectivity index (χ4v) is 3.04. The third-order valence-corrected chi connectivity index (χ3v) is 4.95. The molecule has 2 aliphatic rings. The predicted octanol–water partition coefficient (Wildman–Crippen LogP) is -2.24. The number of rotatable bonds is 8. The summed E-state index contributed by atoms with van der Waals surface area (Å²) in [4.78, 5) is 67.9. The molecule has 34 heavy (non-hydrogen) atoms. The maximum Gasteiger partial charge on any atom is 0.418 e. The molecular weight excluding hydrogens is 460 g/mol. The predicted molar refractivity (Wildman–Crippen MR) is 107 cm³/mol. The molecule has 15 heteroatoms. The number of aliphatic hydroxyl groups is 1. The Labute approximate surface area is 192 Å². The molecule has 3 heterocycles. The summed E-state index contributed by atoms with van der Waals surface area (Å²) in [7, 11) is 0. The van der Waals surface area contributed by atoms with E-state index in [0.29, 0.717) is 0 Å². The van der Waals surface area contributed by atoms with Gasteiger partial charge < -0.3 is 34.6 Å². The molecule has 6 atom stereocenters. The van der Waals surface area contributed by atoms with Crippen LogP contribution in [0.3, 0.4) is 0 Å². The van der Waals surface area contributed by atoms with Gasteiger partial charge in [0.05, 0.1) is 12.0 Å². The van der Waals surface area contributed by atoms with Crippen molar-refractivity contribution < 1.29 is 48.1 Å². The summed E-state index contributed by atoms with van der Waals surface area (Å²) < 4.78 is 22.0. The molecule has 0 aromatic carbocycles. The molecule has 186 valence electrons. The van der Waals surface area contributed by atoms with Gasteiger partial charge in [-0.1, -0.05) is 13.8 Å². The third kappa shape index (κ3) is 5.32. The van der Waals surface area contributed by atoms with Gasteiger partial charge in [0, 0.05) is 12.3 Å². The second-order valence-corrected chi connectivity index (χ2v) is 7.88. The fraction of sp³-hybridized carbons (Fsp3) is 0.579. The first-order valence-electron chi connectivity index (χ1n) is 10.2. The maximum absolute atomic E-state index is 12.6. The number of carbonyl (C=O) groups is 4. The van der Waals surface area contributed by atoms with E-state index in [1.54, 1.807) is 13.8 Å². The molecule has 15 nitrogen and oxygen atoms in total. The number of nitrogens with two attached hydrogens (primary N) is 1. The smallest absolute Gasteiger partial charge is 0.418 e. The molecule has 1 aromatic rings. The second-order valence-electron chi connectivity index (χ2n) is 7.88. The minimum atomic E-state index is -1.32. The first-order valence-corrected chi connectivity index (χ1v) is 10.2. The average molecular weight is 484 g/mol. The van der Waals surface area contributed by atoms with Crippen LogP contribution in [-0.4, -0.2) is 75.6 Å². The zero-order chi connectivity index (χ0) is 25.2. The van der Waals surface area contributed by atoms with E-state index in [4.69, 9.17) is 24.7 Å². The average Bonchev–Trinajstić information content (AvgIpc) is 3.12. The number of nitrogens with one attached hydrogen (secondary N) is 1. The van der Waals surface area contributed by atoms with Crippen molar-refractivity contribution in [1.29, 1.82) is 0 Å². The Balaban J connectivity index is 1.76. The number of esters is 3. The van der Waals surface area contributed by atoms with Crippen molar-refractivity contribution in [3.8, 4) is 0 Å². The summed E-state index contributed by atoms with van der Waals surface area (Å²) in [6, 6.07) is -0.0777. The lowest BCUT2D eigenvalue weighted by molar-refractivity contribution is -0.195. The van der Waals surface area contributed by atoms with Gasteiger partial charge in [0.2, 0.25) is 0 Å². The summed E-state index contributed by atoms with van der Waals surface area (Å²) in [5.41, 5.74) is 6.68. The monoisotopic (exact) mass is 484 g/mol. The van der Waals surface area contributed by atoms with Gasteiger partial charge in [-0.2, -0.15) is 4.98 Å². The molecule has 2 fully saturated rings. The van der Waals surface area contributed by atoms with E-state index in [1.165, 1.54) is 19.2 Å². The van der Waals surface area contributed by atoms with Crippen LogP contribution in [0.25, 0.3) is 0 Å². The molecule has 2 aliphatic heterocycles. The van der Waals surface area contributed by atoms with Gasteiger partial charge in [-0.15, -0.1) is 0 Å². The minimum absolute atomic E-state index is 0.170. The summed E-state index contributed by atoms with van der Waals surface area (Å²) in [6.45, 7) is 4.23. The second kappa shape index (κ2) is 10.1. The molecule has 0 amide bonds. The van der Waals surface area contributed by atoms with E-state index in [1.807, 2.05) is 0 Å². The molecule has 2 saturated heterocycles. The lowest BCUT2D eigenvalue weighted by atomic mass is 10.1. The largest absolute Gasteiger partial charge is 0.463 e. The first kappa shape index (κ1) is 25.1. The Morgan fingerprint density at radius 2 is 1.82 bits per heavy atom. The van der Waals surface area contributed by atoms with Crippen LogP contribution in [0.15, 0.2) is 17.1 Å². The number of fused-ring (bicyclic) bond motifs is 1.